The van der Waals surface area contributed by atoms with Crippen molar-refractivity contribution in [2.75, 3.05) is 0 Å². The second-order valence-electron chi connectivity index (χ2n) is 2.75. The summed E-state index contributed by atoms with van der Waals surface area (Å²) in [7, 11) is 0. The van der Waals surface area contributed by atoms with Crippen LogP contribution in [0.15, 0.2) is 21.8 Å². The molecule has 0 fully saturated rings. The van der Waals surface area contributed by atoms with Gasteiger partial charge >= 0.3 is 0 Å². The molecule has 0 N–H and O–H groups in total. The molecule has 0 spiro atoms. The van der Waals surface area contributed by atoms with Crippen LogP contribution in [0.3, 0.4) is 0 Å². The van der Waals surface area contributed by atoms with Gasteiger partial charge in [0.05, 0.1) is 9.65 Å². The van der Waals surface area contributed by atoms with Gasteiger partial charge in [-0.05, 0) is 29.0 Å². The summed E-state index contributed by atoms with van der Waals surface area (Å²) >= 11 is 2.03. The smallest absolute Gasteiger partial charge is 0.169 e. The Labute approximate surface area is 85.1 Å². The number of hydrogen-bond donors (Lipinski definition) is 0. The second-order valence-corrected chi connectivity index (χ2v) is 3.91. The number of nitrogens with zero attached hydrogens (tertiary/aromatic N) is 1. The minimum absolute atomic E-state index is 0.0426. The summed E-state index contributed by atoms with van der Waals surface area (Å²) in [5, 5.41) is 8.56. The van der Waals surface area contributed by atoms with E-state index in [9.17, 15) is 4.79 Å². The molecule has 1 atom stereocenters. The topological polar surface area (TPSA) is 40.9 Å². The van der Waals surface area contributed by atoms with E-state index < -0.39 is 0 Å². The molecular weight excluding hydrogens is 265 g/mol. The average molecular weight is 273 g/mol. The predicted octanol–water partition coefficient (Wildman–Crippen LogP) is 2.36. The number of Topliss-reactive ketones (excluding diaryl/α,β-unsaturated/α-hetero) is 1. The van der Waals surface area contributed by atoms with Gasteiger partial charge in [0.2, 0.25) is 0 Å². The minimum Gasteiger partial charge on any atom is -0.294 e. The van der Waals surface area contributed by atoms with Crippen molar-refractivity contribution in [1.82, 2.24) is 0 Å². The van der Waals surface area contributed by atoms with Crippen LogP contribution in [0.4, 0.5) is 0 Å². The Balaban J connectivity index is 2.73. The van der Waals surface area contributed by atoms with Gasteiger partial charge < -0.3 is 0 Å². The first kappa shape index (κ1) is 9.46. The lowest BCUT2D eigenvalue weighted by Gasteiger charge is -2.16. The largest absolute Gasteiger partial charge is 0.294 e. The van der Waals surface area contributed by atoms with Crippen molar-refractivity contribution in [3.8, 4) is 6.07 Å². The summed E-state index contributed by atoms with van der Waals surface area (Å²) in [6.07, 6.45) is 3.09. The maximum Gasteiger partial charge on any atom is 0.169 e. The van der Waals surface area contributed by atoms with Crippen molar-refractivity contribution in [3.63, 3.8) is 0 Å². The molecule has 2 nitrogen and oxygen atoms in total. The summed E-state index contributed by atoms with van der Waals surface area (Å²) in [6.45, 7) is 3.61. The van der Waals surface area contributed by atoms with E-state index >= 15 is 0 Å². The number of halogens is 1. The second kappa shape index (κ2) is 3.85. The molecule has 0 saturated heterocycles. The molecule has 0 amide bonds. The van der Waals surface area contributed by atoms with Crippen LogP contribution in [0.2, 0.25) is 0 Å². The highest BCUT2D eigenvalue weighted by Gasteiger charge is 2.21. The third kappa shape index (κ3) is 1.95. The van der Waals surface area contributed by atoms with Crippen molar-refractivity contribution in [3.05, 3.63) is 21.8 Å². The van der Waals surface area contributed by atoms with Gasteiger partial charge in [0, 0.05) is 17.9 Å². The number of carbonyl (C=O) groups excluding carboxylic acids is 1. The molecule has 0 heterocycles. The SMILES string of the molecule is C=C(C#N)C1CC=C(I)C(=O)C1. The predicted molar refractivity (Wildman–Crippen MR) is 54.6 cm³/mol. The van der Waals surface area contributed by atoms with Gasteiger partial charge in [-0.2, -0.15) is 5.26 Å². The van der Waals surface area contributed by atoms with Gasteiger partial charge in [0.15, 0.2) is 5.78 Å². The third-order valence-electron chi connectivity index (χ3n) is 1.92. The Morgan fingerprint density at radius 1 is 1.83 bits per heavy atom. The van der Waals surface area contributed by atoms with Crippen molar-refractivity contribution >= 4 is 28.4 Å². The van der Waals surface area contributed by atoms with E-state index in [1.165, 1.54) is 0 Å². The summed E-state index contributed by atoms with van der Waals surface area (Å²) in [5.41, 5.74) is 0.517. The van der Waals surface area contributed by atoms with Crippen molar-refractivity contribution in [2.45, 2.75) is 12.8 Å². The lowest BCUT2D eigenvalue weighted by Crippen LogP contribution is -2.14. The highest BCUT2D eigenvalue weighted by atomic mass is 127. The molecule has 62 valence electrons. The normalized spacial score (nSPS) is 22.8. The zero-order chi connectivity index (χ0) is 9.14. The average Bonchev–Trinajstić information content (AvgIpc) is 2.08. The summed E-state index contributed by atoms with van der Waals surface area (Å²) in [4.78, 5) is 11.2. The molecule has 0 aromatic carbocycles. The van der Waals surface area contributed by atoms with Gasteiger partial charge in [-0.1, -0.05) is 12.7 Å². The third-order valence-corrected chi connectivity index (χ3v) is 2.96. The fourth-order valence-electron chi connectivity index (χ4n) is 1.12. The molecule has 1 unspecified atom stereocenters. The first-order valence-electron chi connectivity index (χ1n) is 3.63. The van der Waals surface area contributed by atoms with Crippen LogP contribution in [-0.2, 0) is 4.79 Å². The maximum atomic E-state index is 11.2. The summed E-state index contributed by atoms with van der Waals surface area (Å²) < 4.78 is 0.787. The van der Waals surface area contributed by atoms with Gasteiger partial charge in [0.1, 0.15) is 0 Å². The number of carbonyl (C=O) groups is 1. The van der Waals surface area contributed by atoms with Crippen LogP contribution in [0.25, 0.3) is 0 Å². The van der Waals surface area contributed by atoms with E-state index in [1.807, 2.05) is 34.7 Å². The minimum atomic E-state index is 0.0426. The van der Waals surface area contributed by atoms with E-state index in [-0.39, 0.29) is 11.7 Å². The first-order valence-corrected chi connectivity index (χ1v) is 4.70. The van der Waals surface area contributed by atoms with Crippen molar-refractivity contribution in [2.24, 2.45) is 5.92 Å². The van der Waals surface area contributed by atoms with Crippen LogP contribution in [0, 0.1) is 17.2 Å². The van der Waals surface area contributed by atoms with Crippen molar-refractivity contribution < 1.29 is 4.79 Å². The van der Waals surface area contributed by atoms with E-state index in [1.54, 1.807) is 0 Å². The Bertz CT molecular complexity index is 298. The lowest BCUT2D eigenvalue weighted by molar-refractivity contribution is -0.115. The highest BCUT2D eigenvalue weighted by molar-refractivity contribution is 14.1. The van der Waals surface area contributed by atoms with Crippen LogP contribution in [0.5, 0.6) is 0 Å². The number of ketones is 1. The molecule has 0 saturated carbocycles. The molecule has 1 aliphatic carbocycles. The van der Waals surface area contributed by atoms with Crippen LogP contribution in [0.1, 0.15) is 12.8 Å². The standard InChI is InChI=1S/C9H8INO/c1-6(5-11)7-2-3-8(10)9(12)4-7/h3,7H,1-2,4H2. The van der Waals surface area contributed by atoms with E-state index in [2.05, 4.69) is 6.58 Å². The molecular formula is C9H8INO. The number of nitriles is 1. The van der Waals surface area contributed by atoms with Gasteiger partial charge in [-0.3, -0.25) is 4.79 Å². The van der Waals surface area contributed by atoms with Gasteiger partial charge in [0.25, 0.3) is 0 Å². The number of hydrogen-bond acceptors (Lipinski definition) is 2. The molecule has 0 aliphatic heterocycles. The van der Waals surface area contributed by atoms with E-state index in [0.717, 1.165) is 10.0 Å². The molecule has 12 heavy (non-hydrogen) atoms. The first-order chi connectivity index (χ1) is 5.65. The summed E-state index contributed by atoms with van der Waals surface area (Å²) in [6, 6.07) is 1.99. The van der Waals surface area contributed by atoms with Crippen molar-refractivity contribution in [1.29, 1.82) is 5.26 Å². The van der Waals surface area contributed by atoms with E-state index in [4.69, 9.17) is 5.26 Å². The molecule has 0 aromatic heterocycles. The van der Waals surface area contributed by atoms with Gasteiger partial charge in [-0.15, -0.1) is 0 Å². The molecule has 0 radical (unpaired) electrons. The molecule has 0 aromatic rings. The zero-order valence-corrected chi connectivity index (χ0v) is 8.67. The molecule has 1 aliphatic rings. The van der Waals surface area contributed by atoms with Crippen LogP contribution < -0.4 is 0 Å². The molecule has 3 heteroatoms. The highest BCUT2D eigenvalue weighted by Crippen LogP contribution is 2.28. The lowest BCUT2D eigenvalue weighted by atomic mass is 9.88. The Morgan fingerprint density at radius 2 is 2.50 bits per heavy atom. The monoisotopic (exact) mass is 273 g/mol. The zero-order valence-electron chi connectivity index (χ0n) is 6.51. The summed E-state index contributed by atoms with van der Waals surface area (Å²) in [5.74, 6) is 0.171. The van der Waals surface area contributed by atoms with Gasteiger partial charge in [-0.25, -0.2) is 0 Å². The molecule has 0 bridgehead atoms. The quantitative estimate of drug-likeness (QED) is 0.543. The van der Waals surface area contributed by atoms with Crippen LogP contribution in [-0.4, -0.2) is 5.78 Å². The van der Waals surface area contributed by atoms with E-state index in [0.29, 0.717) is 12.0 Å². The van der Waals surface area contributed by atoms with Crippen LogP contribution >= 0.6 is 22.6 Å². The Morgan fingerprint density at radius 3 is 3.00 bits per heavy atom. The fraction of sp³-hybridized carbons (Fsp3) is 0.333. The molecule has 1 rings (SSSR count). The Hall–Kier alpha value is -0.630. The fourth-order valence-corrected chi connectivity index (χ4v) is 1.60. The Kier molecular flexibility index (Phi) is 3.04. The number of rotatable bonds is 1. The number of allylic oxidation sites excluding steroid dienone is 3. The maximum absolute atomic E-state index is 11.2.